The van der Waals surface area contributed by atoms with Crippen molar-refractivity contribution in [1.29, 1.82) is 0 Å². The van der Waals surface area contributed by atoms with E-state index in [4.69, 9.17) is 9.15 Å². The van der Waals surface area contributed by atoms with Gasteiger partial charge in [0.1, 0.15) is 11.1 Å². The van der Waals surface area contributed by atoms with Crippen LogP contribution in [0.15, 0.2) is 67.3 Å². The Hall–Kier alpha value is -2.09. The summed E-state index contributed by atoms with van der Waals surface area (Å²) in [5.41, 5.74) is 2.10. The number of thioether (sulfide) groups is 1. The minimum absolute atomic E-state index is 0.0740. The average Bonchev–Trinajstić information content (AvgIpc) is 3.26. The molecular weight excluding hydrogens is 452 g/mol. The molecule has 2 aromatic carbocycles. The van der Waals surface area contributed by atoms with Crippen LogP contribution in [0, 0.1) is 0 Å². The molecule has 1 unspecified atom stereocenters. The second-order valence-electron chi connectivity index (χ2n) is 6.80. The summed E-state index contributed by atoms with van der Waals surface area (Å²) in [7, 11) is 0. The molecule has 5 nitrogen and oxygen atoms in total. The summed E-state index contributed by atoms with van der Waals surface area (Å²) in [4.78, 5) is 18.7. The highest BCUT2D eigenvalue weighted by Gasteiger charge is 2.18. The first-order valence-corrected chi connectivity index (χ1v) is 11.5. The molecule has 4 rings (SSSR count). The number of nitrogens with one attached hydrogen (secondary N) is 1. The summed E-state index contributed by atoms with van der Waals surface area (Å²) in [6, 6.07) is 15.3. The number of halogens is 1. The summed E-state index contributed by atoms with van der Waals surface area (Å²) >= 11 is 5.14. The average molecular weight is 473 g/mol. The molecule has 0 radical (unpaired) electrons. The van der Waals surface area contributed by atoms with Gasteiger partial charge in [0.05, 0.1) is 11.8 Å². The van der Waals surface area contributed by atoms with Gasteiger partial charge in [-0.15, -0.1) is 11.8 Å². The Balaban J connectivity index is 1.73. The SMILES string of the molecule is CSc1ccc(N=c2oc3ccc(Br)cc3cc2C(=O)NCC2CCCO2)cc1. The van der Waals surface area contributed by atoms with Crippen molar-refractivity contribution in [1.82, 2.24) is 5.32 Å². The Bertz CT molecular complexity index is 1090. The first kappa shape index (κ1) is 20.2. The minimum Gasteiger partial charge on any atom is -0.438 e. The van der Waals surface area contributed by atoms with Crippen LogP contribution in [-0.2, 0) is 4.74 Å². The Morgan fingerprint density at radius 2 is 2.07 bits per heavy atom. The Morgan fingerprint density at radius 1 is 1.24 bits per heavy atom. The lowest BCUT2D eigenvalue weighted by Gasteiger charge is -2.11. The van der Waals surface area contributed by atoms with E-state index < -0.39 is 0 Å². The molecule has 0 bridgehead atoms. The van der Waals surface area contributed by atoms with Crippen molar-refractivity contribution in [2.75, 3.05) is 19.4 Å². The number of ether oxygens (including phenoxy) is 1. The second-order valence-corrected chi connectivity index (χ2v) is 8.60. The fourth-order valence-corrected chi connectivity index (χ4v) is 4.02. The first-order chi connectivity index (χ1) is 14.1. The van der Waals surface area contributed by atoms with Crippen LogP contribution in [-0.4, -0.2) is 31.4 Å². The third-order valence-corrected chi connectivity index (χ3v) is 6.01. The van der Waals surface area contributed by atoms with Crippen LogP contribution in [0.2, 0.25) is 0 Å². The lowest BCUT2D eigenvalue weighted by Crippen LogP contribution is -2.34. The number of nitrogens with zero attached hydrogens (tertiary/aromatic N) is 1. The Morgan fingerprint density at radius 3 is 2.79 bits per heavy atom. The van der Waals surface area contributed by atoms with Crippen LogP contribution >= 0.6 is 27.7 Å². The monoisotopic (exact) mass is 472 g/mol. The van der Waals surface area contributed by atoms with Gasteiger partial charge in [0.15, 0.2) is 0 Å². The zero-order valence-electron chi connectivity index (χ0n) is 16.0. The molecule has 1 aromatic heterocycles. The van der Waals surface area contributed by atoms with Crippen molar-refractivity contribution in [3.63, 3.8) is 0 Å². The van der Waals surface area contributed by atoms with Gasteiger partial charge in [-0.1, -0.05) is 15.9 Å². The van der Waals surface area contributed by atoms with Gasteiger partial charge in [-0.25, -0.2) is 4.99 Å². The molecule has 0 aliphatic carbocycles. The van der Waals surface area contributed by atoms with E-state index in [9.17, 15) is 4.79 Å². The number of carbonyl (C=O) groups is 1. The number of fused-ring (bicyclic) bond motifs is 1. The lowest BCUT2D eigenvalue weighted by atomic mass is 10.1. The van der Waals surface area contributed by atoms with Crippen LogP contribution in [0.5, 0.6) is 0 Å². The molecule has 0 saturated carbocycles. The van der Waals surface area contributed by atoms with Gasteiger partial charge in [-0.2, -0.15) is 0 Å². The number of carbonyl (C=O) groups excluding carboxylic acids is 1. The maximum atomic E-state index is 12.9. The predicted octanol–water partition coefficient (Wildman–Crippen LogP) is 5.06. The molecular formula is C22H21BrN2O3S. The van der Waals surface area contributed by atoms with E-state index in [0.29, 0.717) is 23.2 Å². The highest BCUT2D eigenvalue weighted by atomic mass is 79.9. The maximum Gasteiger partial charge on any atom is 0.256 e. The van der Waals surface area contributed by atoms with Gasteiger partial charge in [-0.3, -0.25) is 4.79 Å². The van der Waals surface area contributed by atoms with Crippen molar-refractivity contribution < 1.29 is 13.9 Å². The Labute approximate surface area is 181 Å². The number of amides is 1. The molecule has 1 fully saturated rings. The standard InChI is InChI=1S/C22H21BrN2O3S/c1-29-18-7-5-16(6-8-18)25-22-19(21(26)24-13-17-3-2-10-27-17)12-14-11-15(23)4-9-20(14)28-22/h4-9,11-12,17H,2-3,10,13H2,1H3,(H,24,26). The number of hydrogen-bond acceptors (Lipinski definition) is 5. The molecule has 1 aliphatic rings. The highest BCUT2D eigenvalue weighted by molar-refractivity contribution is 9.10. The topological polar surface area (TPSA) is 63.8 Å². The van der Waals surface area contributed by atoms with Crippen LogP contribution in [0.3, 0.4) is 0 Å². The smallest absolute Gasteiger partial charge is 0.256 e. The molecule has 150 valence electrons. The van der Waals surface area contributed by atoms with Gasteiger partial charge >= 0.3 is 0 Å². The number of rotatable bonds is 5. The number of benzene rings is 2. The maximum absolute atomic E-state index is 12.9. The molecule has 2 heterocycles. The third-order valence-electron chi connectivity index (χ3n) is 4.77. The van der Waals surface area contributed by atoms with E-state index in [1.54, 1.807) is 11.8 Å². The van der Waals surface area contributed by atoms with Crippen molar-refractivity contribution in [2.45, 2.75) is 23.8 Å². The van der Waals surface area contributed by atoms with E-state index in [0.717, 1.165) is 39.9 Å². The largest absolute Gasteiger partial charge is 0.438 e. The zero-order valence-corrected chi connectivity index (χ0v) is 18.4. The Kier molecular flexibility index (Phi) is 6.37. The summed E-state index contributed by atoms with van der Waals surface area (Å²) in [5, 5.41) is 3.80. The van der Waals surface area contributed by atoms with Gasteiger partial charge < -0.3 is 14.5 Å². The van der Waals surface area contributed by atoms with E-state index in [1.807, 2.05) is 54.8 Å². The zero-order chi connectivity index (χ0) is 20.2. The molecule has 29 heavy (non-hydrogen) atoms. The molecule has 1 amide bonds. The third kappa shape index (κ3) is 4.91. The highest BCUT2D eigenvalue weighted by Crippen LogP contribution is 2.22. The van der Waals surface area contributed by atoms with Gasteiger partial charge in [0.25, 0.3) is 5.91 Å². The lowest BCUT2D eigenvalue weighted by molar-refractivity contribution is 0.0854. The van der Waals surface area contributed by atoms with E-state index >= 15 is 0 Å². The van der Waals surface area contributed by atoms with E-state index in [2.05, 4.69) is 26.2 Å². The van der Waals surface area contributed by atoms with Gasteiger partial charge in [-0.05, 0) is 67.6 Å². The summed E-state index contributed by atoms with van der Waals surface area (Å²) in [5.74, 6) is -0.217. The quantitative estimate of drug-likeness (QED) is 0.527. The molecule has 1 saturated heterocycles. The van der Waals surface area contributed by atoms with Crippen molar-refractivity contribution in [2.24, 2.45) is 4.99 Å². The fraction of sp³-hybridized carbons (Fsp3) is 0.273. The molecule has 1 atom stereocenters. The second kappa shape index (κ2) is 9.15. The van der Waals surface area contributed by atoms with Crippen LogP contribution < -0.4 is 10.9 Å². The molecule has 7 heteroatoms. The summed E-state index contributed by atoms with van der Waals surface area (Å²) < 4.78 is 12.5. The predicted molar refractivity (Wildman–Crippen MR) is 119 cm³/mol. The van der Waals surface area contributed by atoms with E-state index in [-0.39, 0.29) is 12.0 Å². The fourth-order valence-electron chi connectivity index (χ4n) is 3.23. The number of hydrogen-bond donors (Lipinski definition) is 1. The van der Waals surface area contributed by atoms with Crippen molar-refractivity contribution >= 4 is 50.3 Å². The van der Waals surface area contributed by atoms with Crippen molar-refractivity contribution in [3.8, 4) is 0 Å². The van der Waals surface area contributed by atoms with Gasteiger partial charge in [0.2, 0.25) is 5.55 Å². The van der Waals surface area contributed by atoms with Crippen LogP contribution in [0.1, 0.15) is 23.2 Å². The first-order valence-electron chi connectivity index (χ1n) is 9.44. The van der Waals surface area contributed by atoms with Gasteiger partial charge in [0, 0.05) is 27.9 Å². The summed E-state index contributed by atoms with van der Waals surface area (Å²) in [6.45, 7) is 1.24. The van der Waals surface area contributed by atoms with Crippen LogP contribution in [0.25, 0.3) is 11.0 Å². The van der Waals surface area contributed by atoms with Crippen LogP contribution in [0.4, 0.5) is 5.69 Å². The summed E-state index contributed by atoms with van der Waals surface area (Å²) in [6.07, 6.45) is 4.10. The normalized spacial score (nSPS) is 17.0. The van der Waals surface area contributed by atoms with Crippen molar-refractivity contribution in [3.05, 3.63) is 64.1 Å². The molecule has 0 spiro atoms. The molecule has 1 aliphatic heterocycles. The van der Waals surface area contributed by atoms with E-state index in [1.165, 1.54) is 0 Å². The minimum atomic E-state index is -0.217. The molecule has 3 aromatic rings. The molecule has 1 N–H and O–H groups in total.